The maximum Gasteiger partial charge on any atom is 0.255 e. The molecule has 1 amide bonds. The van der Waals surface area contributed by atoms with Crippen molar-refractivity contribution in [3.63, 3.8) is 0 Å². The van der Waals surface area contributed by atoms with Crippen LogP contribution in [0.3, 0.4) is 0 Å². The molecule has 36 heavy (non-hydrogen) atoms. The van der Waals surface area contributed by atoms with Crippen molar-refractivity contribution in [3.05, 3.63) is 90.6 Å². The number of anilines is 1. The van der Waals surface area contributed by atoms with Gasteiger partial charge in [-0.05, 0) is 59.3 Å². The van der Waals surface area contributed by atoms with Crippen molar-refractivity contribution in [2.75, 3.05) is 26.6 Å². The maximum absolute atomic E-state index is 12.9. The average Bonchev–Trinajstić information content (AvgIpc) is 2.92. The number of nitrogens with one attached hydrogen (secondary N) is 1. The van der Waals surface area contributed by atoms with Crippen molar-refractivity contribution in [1.82, 2.24) is 4.98 Å². The van der Waals surface area contributed by atoms with E-state index in [0.29, 0.717) is 40.0 Å². The normalized spacial score (nSPS) is 10.8. The third kappa shape index (κ3) is 4.59. The van der Waals surface area contributed by atoms with Gasteiger partial charge in [0, 0.05) is 35.0 Å². The van der Waals surface area contributed by atoms with E-state index in [-0.39, 0.29) is 5.91 Å². The van der Waals surface area contributed by atoms with Crippen LogP contribution in [-0.4, -0.2) is 32.2 Å². The van der Waals surface area contributed by atoms with Crippen LogP contribution in [0.1, 0.15) is 10.4 Å². The van der Waals surface area contributed by atoms with Crippen LogP contribution in [0.2, 0.25) is 0 Å². The van der Waals surface area contributed by atoms with Gasteiger partial charge in [0.05, 0.1) is 26.8 Å². The number of aromatic nitrogens is 1. The molecular weight excluding hydrogens is 456 g/mol. The second kappa shape index (κ2) is 9.84. The Balaban J connectivity index is 1.44. The van der Waals surface area contributed by atoms with Crippen molar-refractivity contribution < 1.29 is 23.7 Å². The Morgan fingerprint density at radius 1 is 0.722 bits per heavy atom. The van der Waals surface area contributed by atoms with Gasteiger partial charge in [-0.25, -0.2) is 0 Å². The highest BCUT2D eigenvalue weighted by Crippen LogP contribution is 2.37. The van der Waals surface area contributed by atoms with Gasteiger partial charge < -0.3 is 24.3 Å². The highest BCUT2D eigenvalue weighted by molar-refractivity contribution is 6.06. The van der Waals surface area contributed by atoms with Gasteiger partial charge in [-0.1, -0.05) is 18.2 Å². The molecule has 1 aromatic heterocycles. The summed E-state index contributed by atoms with van der Waals surface area (Å²) in [7, 11) is 4.77. The Hall–Kier alpha value is -4.78. The van der Waals surface area contributed by atoms with Crippen molar-refractivity contribution in [2.45, 2.75) is 0 Å². The first kappa shape index (κ1) is 23.0. The second-order valence-corrected chi connectivity index (χ2v) is 8.05. The van der Waals surface area contributed by atoms with E-state index in [9.17, 15) is 4.79 Å². The Labute approximate surface area is 208 Å². The third-order valence-corrected chi connectivity index (χ3v) is 5.84. The van der Waals surface area contributed by atoms with E-state index in [1.165, 1.54) is 0 Å². The number of nitrogens with zero attached hydrogens (tertiary/aromatic N) is 1. The third-order valence-electron chi connectivity index (χ3n) is 5.84. The molecule has 0 unspecified atom stereocenters. The van der Waals surface area contributed by atoms with Gasteiger partial charge in [-0.3, -0.25) is 9.78 Å². The van der Waals surface area contributed by atoms with Crippen LogP contribution in [0.25, 0.3) is 21.7 Å². The van der Waals surface area contributed by atoms with Gasteiger partial charge >= 0.3 is 0 Å². The van der Waals surface area contributed by atoms with Gasteiger partial charge in [0.25, 0.3) is 5.91 Å². The summed E-state index contributed by atoms with van der Waals surface area (Å²) in [6.45, 7) is 0. The Bertz CT molecular complexity index is 1580. The van der Waals surface area contributed by atoms with Crippen LogP contribution in [0.4, 0.5) is 5.69 Å². The van der Waals surface area contributed by atoms with Gasteiger partial charge in [0.15, 0.2) is 11.5 Å². The van der Waals surface area contributed by atoms with E-state index in [1.54, 1.807) is 45.7 Å². The minimum atomic E-state index is -0.211. The zero-order valence-electron chi connectivity index (χ0n) is 20.1. The number of fused-ring (bicyclic) bond motifs is 2. The summed E-state index contributed by atoms with van der Waals surface area (Å²) in [5, 5.41) is 5.58. The van der Waals surface area contributed by atoms with Crippen LogP contribution in [0.5, 0.6) is 28.7 Å². The van der Waals surface area contributed by atoms with Crippen molar-refractivity contribution >= 4 is 33.3 Å². The van der Waals surface area contributed by atoms with Gasteiger partial charge in [-0.15, -0.1) is 0 Å². The second-order valence-electron chi connectivity index (χ2n) is 8.05. The summed E-state index contributed by atoms with van der Waals surface area (Å²) < 4.78 is 22.3. The molecular formula is C29H24N2O5. The smallest absolute Gasteiger partial charge is 0.255 e. The molecule has 7 heteroatoms. The summed E-state index contributed by atoms with van der Waals surface area (Å²) >= 11 is 0. The first-order valence-electron chi connectivity index (χ1n) is 11.3. The molecule has 0 fully saturated rings. The minimum absolute atomic E-state index is 0.211. The SMILES string of the molecule is COc1cccc(NC(=O)c2ccc3ccc(Oc4ccnc5cc(OC)c(OC)cc45)cc3c2)c1. The predicted molar refractivity (Wildman–Crippen MR) is 140 cm³/mol. The first-order valence-corrected chi connectivity index (χ1v) is 11.3. The standard InChI is InChI=1S/C29H24N2O5/c1-33-22-6-4-5-21(15-22)31-29(32)19-8-7-18-9-10-23(14-20(18)13-19)36-26-11-12-30-25-17-28(35-3)27(34-2)16-24(25)26/h4-17H,1-3H3,(H,31,32). The van der Waals surface area contributed by atoms with Crippen LogP contribution in [0, 0.1) is 0 Å². The molecule has 1 heterocycles. The van der Waals surface area contributed by atoms with E-state index in [0.717, 1.165) is 21.7 Å². The number of hydrogen-bond donors (Lipinski definition) is 1. The Morgan fingerprint density at radius 3 is 2.33 bits per heavy atom. The number of carbonyl (C=O) groups excluding carboxylic acids is 1. The number of ether oxygens (including phenoxy) is 4. The molecule has 0 spiro atoms. The molecule has 180 valence electrons. The van der Waals surface area contributed by atoms with E-state index in [1.807, 2.05) is 60.7 Å². The summed E-state index contributed by atoms with van der Waals surface area (Å²) in [5.74, 6) is 2.92. The number of pyridine rings is 1. The molecule has 0 aliphatic carbocycles. The average molecular weight is 481 g/mol. The molecule has 0 aliphatic heterocycles. The summed E-state index contributed by atoms with van der Waals surface area (Å²) in [6.07, 6.45) is 1.69. The largest absolute Gasteiger partial charge is 0.497 e. The molecule has 0 bridgehead atoms. The molecule has 0 atom stereocenters. The summed E-state index contributed by atoms with van der Waals surface area (Å²) in [4.78, 5) is 17.3. The zero-order valence-corrected chi connectivity index (χ0v) is 20.1. The first-order chi connectivity index (χ1) is 17.6. The van der Waals surface area contributed by atoms with Crippen LogP contribution < -0.4 is 24.3 Å². The molecule has 1 N–H and O–H groups in total. The fourth-order valence-electron chi connectivity index (χ4n) is 4.00. The van der Waals surface area contributed by atoms with Crippen molar-refractivity contribution in [1.29, 1.82) is 0 Å². The molecule has 5 rings (SSSR count). The number of amides is 1. The lowest BCUT2D eigenvalue weighted by Crippen LogP contribution is -2.11. The van der Waals surface area contributed by atoms with Crippen LogP contribution in [-0.2, 0) is 0 Å². The van der Waals surface area contributed by atoms with Crippen molar-refractivity contribution in [2.24, 2.45) is 0 Å². The zero-order chi connectivity index (χ0) is 25.1. The molecule has 0 aliphatic rings. The monoisotopic (exact) mass is 480 g/mol. The topological polar surface area (TPSA) is 78.9 Å². The summed E-state index contributed by atoms with van der Waals surface area (Å²) in [6, 6.07) is 24.0. The lowest BCUT2D eigenvalue weighted by molar-refractivity contribution is 0.102. The van der Waals surface area contributed by atoms with E-state index >= 15 is 0 Å². The van der Waals surface area contributed by atoms with E-state index in [2.05, 4.69) is 10.3 Å². The molecule has 0 radical (unpaired) electrons. The van der Waals surface area contributed by atoms with Crippen LogP contribution >= 0.6 is 0 Å². The molecule has 5 aromatic rings. The quantitative estimate of drug-likeness (QED) is 0.288. The number of carbonyl (C=O) groups is 1. The number of hydrogen-bond acceptors (Lipinski definition) is 6. The summed E-state index contributed by atoms with van der Waals surface area (Å²) in [5.41, 5.74) is 1.92. The molecule has 7 nitrogen and oxygen atoms in total. The Kier molecular flexibility index (Phi) is 6.28. The highest BCUT2D eigenvalue weighted by atomic mass is 16.5. The fraction of sp³-hybridized carbons (Fsp3) is 0.103. The van der Waals surface area contributed by atoms with E-state index in [4.69, 9.17) is 18.9 Å². The molecule has 0 saturated carbocycles. The van der Waals surface area contributed by atoms with E-state index < -0.39 is 0 Å². The Morgan fingerprint density at radius 2 is 1.53 bits per heavy atom. The number of benzene rings is 4. The highest BCUT2D eigenvalue weighted by Gasteiger charge is 2.12. The molecule has 0 saturated heterocycles. The van der Waals surface area contributed by atoms with Gasteiger partial charge in [-0.2, -0.15) is 0 Å². The van der Waals surface area contributed by atoms with Crippen molar-refractivity contribution in [3.8, 4) is 28.7 Å². The minimum Gasteiger partial charge on any atom is -0.497 e. The lowest BCUT2D eigenvalue weighted by atomic mass is 10.1. The number of methoxy groups -OCH3 is 3. The van der Waals surface area contributed by atoms with Gasteiger partial charge in [0.1, 0.15) is 17.2 Å². The predicted octanol–water partition coefficient (Wildman–Crippen LogP) is 6.46. The number of rotatable bonds is 7. The lowest BCUT2D eigenvalue weighted by Gasteiger charge is -2.13. The molecule has 4 aromatic carbocycles. The maximum atomic E-state index is 12.9. The van der Waals surface area contributed by atoms with Crippen LogP contribution in [0.15, 0.2) is 85.1 Å². The fourth-order valence-corrected chi connectivity index (χ4v) is 4.00. The van der Waals surface area contributed by atoms with Gasteiger partial charge in [0.2, 0.25) is 0 Å².